The van der Waals surface area contributed by atoms with Gasteiger partial charge in [0.05, 0.1) is 19.9 Å². The predicted octanol–water partition coefficient (Wildman–Crippen LogP) is 2.85. The highest BCUT2D eigenvalue weighted by Crippen LogP contribution is 2.28. The highest BCUT2D eigenvalue weighted by molar-refractivity contribution is 5.97. The van der Waals surface area contributed by atoms with Crippen LogP contribution in [0.4, 0.5) is 5.69 Å². The minimum atomic E-state index is -0.435. The quantitative estimate of drug-likeness (QED) is 0.338. The summed E-state index contributed by atoms with van der Waals surface area (Å²) in [6, 6.07) is 7.10. The van der Waals surface area contributed by atoms with Gasteiger partial charge in [-0.2, -0.15) is 5.26 Å². The molecule has 0 saturated heterocycles. The number of carbonyl (C=O) groups is 1. The number of hydrogen-bond acceptors (Lipinski definition) is 6. The number of ether oxygens (including phenoxy) is 3. The second kappa shape index (κ2) is 12.6. The van der Waals surface area contributed by atoms with E-state index in [-0.39, 0.29) is 5.57 Å². The van der Waals surface area contributed by atoms with Crippen molar-refractivity contribution in [1.82, 2.24) is 5.32 Å². The third-order valence-corrected chi connectivity index (χ3v) is 3.54. The van der Waals surface area contributed by atoms with Crippen LogP contribution in [0, 0.1) is 11.3 Å². The predicted molar refractivity (Wildman–Crippen MR) is 100 cm³/mol. The van der Waals surface area contributed by atoms with E-state index in [1.54, 1.807) is 25.3 Å². The van der Waals surface area contributed by atoms with Gasteiger partial charge >= 0.3 is 0 Å². The van der Waals surface area contributed by atoms with E-state index >= 15 is 0 Å². The molecule has 0 aliphatic rings. The molecule has 1 aromatic carbocycles. The maximum atomic E-state index is 12.1. The molecule has 0 atom stereocenters. The Bertz CT molecular complexity index is 638. The molecule has 0 aromatic heterocycles. The van der Waals surface area contributed by atoms with Gasteiger partial charge in [-0.25, -0.2) is 0 Å². The summed E-state index contributed by atoms with van der Waals surface area (Å²) in [5, 5.41) is 14.8. The van der Waals surface area contributed by atoms with Gasteiger partial charge in [0.25, 0.3) is 5.91 Å². The van der Waals surface area contributed by atoms with Crippen LogP contribution in [0.2, 0.25) is 0 Å². The molecule has 0 radical (unpaired) electrons. The summed E-state index contributed by atoms with van der Waals surface area (Å²) in [5.41, 5.74) is 0.568. The number of nitrogens with one attached hydrogen (secondary N) is 2. The van der Waals surface area contributed by atoms with E-state index in [0.29, 0.717) is 36.8 Å². The minimum absolute atomic E-state index is 0.0261. The third kappa shape index (κ3) is 7.45. The average Bonchev–Trinajstić information content (AvgIpc) is 2.67. The van der Waals surface area contributed by atoms with Gasteiger partial charge in [0.2, 0.25) is 0 Å². The lowest BCUT2D eigenvalue weighted by molar-refractivity contribution is -0.117. The number of benzene rings is 1. The van der Waals surface area contributed by atoms with Gasteiger partial charge in [0, 0.05) is 32.0 Å². The number of hydrogen-bond donors (Lipinski definition) is 2. The van der Waals surface area contributed by atoms with Gasteiger partial charge in [0.1, 0.15) is 23.1 Å². The van der Waals surface area contributed by atoms with Crippen LogP contribution in [0.1, 0.15) is 26.2 Å². The van der Waals surface area contributed by atoms with Crippen LogP contribution in [-0.2, 0) is 9.53 Å². The Morgan fingerprint density at radius 2 is 2.00 bits per heavy atom. The van der Waals surface area contributed by atoms with Crippen molar-refractivity contribution in [2.75, 3.05) is 39.3 Å². The van der Waals surface area contributed by atoms with Crippen LogP contribution in [0.3, 0.4) is 0 Å². The number of anilines is 1. The van der Waals surface area contributed by atoms with Gasteiger partial charge in [-0.1, -0.05) is 13.3 Å². The maximum absolute atomic E-state index is 12.1. The van der Waals surface area contributed by atoms with Crippen molar-refractivity contribution in [3.8, 4) is 17.6 Å². The van der Waals surface area contributed by atoms with Gasteiger partial charge < -0.3 is 24.8 Å². The van der Waals surface area contributed by atoms with E-state index in [1.807, 2.05) is 6.07 Å². The van der Waals surface area contributed by atoms with E-state index in [4.69, 9.17) is 14.2 Å². The lowest BCUT2D eigenvalue weighted by Crippen LogP contribution is -2.26. The monoisotopic (exact) mass is 361 g/mol. The summed E-state index contributed by atoms with van der Waals surface area (Å²) < 4.78 is 15.8. The Morgan fingerprint density at radius 1 is 1.23 bits per heavy atom. The van der Waals surface area contributed by atoms with E-state index in [2.05, 4.69) is 17.6 Å². The Labute approximate surface area is 154 Å². The van der Waals surface area contributed by atoms with E-state index in [0.717, 1.165) is 19.4 Å². The fourth-order valence-corrected chi connectivity index (χ4v) is 2.05. The molecule has 0 saturated carbocycles. The summed E-state index contributed by atoms with van der Waals surface area (Å²) in [7, 11) is 3.10. The molecule has 7 nitrogen and oxygen atoms in total. The fourth-order valence-electron chi connectivity index (χ4n) is 2.05. The summed E-state index contributed by atoms with van der Waals surface area (Å²) in [5.74, 6) is 0.770. The molecule has 1 rings (SSSR count). The lowest BCUT2D eigenvalue weighted by Gasteiger charge is -2.10. The molecule has 0 aliphatic heterocycles. The zero-order chi connectivity index (χ0) is 19.2. The van der Waals surface area contributed by atoms with Crippen LogP contribution in [0.5, 0.6) is 11.5 Å². The summed E-state index contributed by atoms with van der Waals surface area (Å²) in [4.78, 5) is 12.1. The Morgan fingerprint density at radius 3 is 2.65 bits per heavy atom. The second-order valence-corrected chi connectivity index (χ2v) is 5.46. The van der Waals surface area contributed by atoms with Gasteiger partial charge in [-0.3, -0.25) is 4.79 Å². The summed E-state index contributed by atoms with van der Waals surface area (Å²) in [6.45, 7) is 3.88. The molecule has 142 valence electrons. The van der Waals surface area contributed by atoms with Crippen molar-refractivity contribution < 1.29 is 19.0 Å². The zero-order valence-corrected chi connectivity index (χ0v) is 15.6. The van der Waals surface area contributed by atoms with E-state index in [9.17, 15) is 10.1 Å². The normalized spacial score (nSPS) is 10.8. The number of nitriles is 1. The van der Waals surface area contributed by atoms with Crippen LogP contribution in [-0.4, -0.2) is 39.9 Å². The molecular formula is C19H27N3O4. The van der Waals surface area contributed by atoms with Gasteiger partial charge in [0.15, 0.2) is 0 Å². The van der Waals surface area contributed by atoms with Crippen LogP contribution >= 0.6 is 0 Å². The summed E-state index contributed by atoms with van der Waals surface area (Å²) >= 11 is 0. The van der Waals surface area contributed by atoms with Crippen molar-refractivity contribution in [3.05, 3.63) is 30.0 Å². The zero-order valence-electron chi connectivity index (χ0n) is 15.6. The largest absolute Gasteiger partial charge is 0.497 e. The molecule has 0 spiro atoms. The van der Waals surface area contributed by atoms with Crippen molar-refractivity contribution in [3.63, 3.8) is 0 Å². The second-order valence-electron chi connectivity index (χ2n) is 5.46. The fraction of sp³-hybridized carbons (Fsp3) is 0.474. The molecule has 7 heteroatoms. The molecule has 0 bridgehead atoms. The van der Waals surface area contributed by atoms with Crippen molar-refractivity contribution in [1.29, 1.82) is 5.26 Å². The number of nitrogens with zero attached hydrogens (tertiary/aromatic N) is 1. The average molecular weight is 361 g/mol. The molecule has 1 amide bonds. The summed E-state index contributed by atoms with van der Waals surface area (Å²) in [6.07, 6.45) is 4.18. The van der Waals surface area contributed by atoms with Crippen LogP contribution in [0.15, 0.2) is 30.0 Å². The molecule has 26 heavy (non-hydrogen) atoms. The van der Waals surface area contributed by atoms with Crippen LogP contribution in [0.25, 0.3) is 0 Å². The number of amides is 1. The Balaban J connectivity index is 2.54. The SMILES string of the molecule is CCCCOCCCNC(=O)/C(C#N)=C\Nc1cc(OC)ccc1OC. The topological polar surface area (TPSA) is 92.6 Å². The first-order valence-electron chi connectivity index (χ1n) is 8.61. The number of methoxy groups -OCH3 is 2. The molecule has 0 heterocycles. The minimum Gasteiger partial charge on any atom is -0.497 e. The standard InChI is InChI=1S/C19H27N3O4/c1-4-5-10-26-11-6-9-21-19(23)15(13-20)14-22-17-12-16(24-2)7-8-18(17)25-3/h7-8,12,14,22H,4-6,9-11H2,1-3H3,(H,21,23)/b15-14-. The lowest BCUT2D eigenvalue weighted by atomic mass is 10.2. The number of rotatable bonds is 12. The highest BCUT2D eigenvalue weighted by atomic mass is 16.5. The molecule has 0 unspecified atom stereocenters. The highest BCUT2D eigenvalue weighted by Gasteiger charge is 2.09. The van der Waals surface area contributed by atoms with Crippen molar-refractivity contribution in [2.45, 2.75) is 26.2 Å². The first kappa shape index (κ1) is 21.3. The van der Waals surface area contributed by atoms with Crippen molar-refractivity contribution in [2.24, 2.45) is 0 Å². The first-order chi connectivity index (χ1) is 12.7. The number of unbranched alkanes of at least 4 members (excludes halogenated alkanes) is 1. The third-order valence-electron chi connectivity index (χ3n) is 3.54. The molecule has 2 N–H and O–H groups in total. The molecule has 0 aliphatic carbocycles. The van der Waals surface area contributed by atoms with E-state index < -0.39 is 5.91 Å². The molecule has 1 aromatic rings. The van der Waals surface area contributed by atoms with Crippen molar-refractivity contribution >= 4 is 11.6 Å². The smallest absolute Gasteiger partial charge is 0.263 e. The molecular weight excluding hydrogens is 334 g/mol. The molecule has 0 fully saturated rings. The number of carbonyl (C=O) groups excluding carboxylic acids is 1. The Hall–Kier alpha value is -2.72. The van der Waals surface area contributed by atoms with Crippen LogP contribution < -0.4 is 20.1 Å². The Kier molecular flexibility index (Phi) is 10.3. The van der Waals surface area contributed by atoms with Gasteiger partial charge in [-0.05, 0) is 25.0 Å². The maximum Gasteiger partial charge on any atom is 0.263 e. The van der Waals surface area contributed by atoms with Gasteiger partial charge in [-0.15, -0.1) is 0 Å². The van der Waals surface area contributed by atoms with E-state index in [1.165, 1.54) is 13.3 Å². The first-order valence-corrected chi connectivity index (χ1v) is 8.61.